The molecule has 25 heavy (non-hydrogen) atoms. The Hall–Kier alpha value is -2.38. The number of halogens is 3. The lowest BCUT2D eigenvalue weighted by molar-refractivity contribution is -0.123. The fraction of sp³-hybridized carbons (Fsp3) is 0.471. The molecule has 0 saturated heterocycles. The number of nitrogens with zero attached hydrogens (tertiary/aromatic N) is 2. The van der Waals surface area contributed by atoms with Crippen LogP contribution in [-0.2, 0) is 13.0 Å². The molecule has 1 N–H and O–H groups in total. The highest BCUT2D eigenvalue weighted by Crippen LogP contribution is 2.17. The third kappa shape index (κ3) is 4.00. The Morgan fingerprint density at radius 3 is 2.72 bits per heavy atom. The molecule has 2 heterocycles. The van der Waals surface area contributed by atoms with Crippen molar-refractivity contribution in [3.63, 3.8) is 0 Å². The number of fused-ring (bicyclic) bond motifs is 2. The quantitative estimate of drug-likeness (QED) is 0.903. The van der Waals surface area contributed by atoms with Crippen LogP contribution >= 0.6 is 0 Å². The molecule has 1 aliphatic heterocycles. The van der Waals surface area contributed by atoms with Crippen LogP contribution in [0.15, 0.2) is 23.0 Å². The topological polar surface area (TPSA) is 64.0 Å². The van der Waals surface area contributed by atoms with E-state index in [1.807, 2.05) is 5.32 Å². The minimum atomic E-state index is -4.47. The molecule has 0 radical (unpaired) electrons. The van der Waals surface area contributed by atoms with Crippen LogP contribution in [-0.4, -0.2) is 28.2 Å². The van der Waals surface area contributed by atoms with Crippen molar-refractivity contribution in [2.24, 2.45) is 0 Å². The van der Waals surface area contributed by atoms with Gasteiger partial charge in [0.15, 0.2) is 0 Å². The molecule has 2 aromatic rings. The number of aromatic nitrogens is 2. The molecule has 0 spiro atoms. The van der Waals surface area contributed by atoms with Crippen molar-refractivity contribution in [1.29, 1.82) is 0 Å². The molecule has 1 amide bonds. The van der Waals surface area contributed by atoms with Crippen LogP contribution in [0.25, 0.3) is 10.9 Å². The van der Waals surface area contributed by atoms with E-state index in [0.29, 0.717) is 29.7 Å². The standard InChI is InChI=1S/C17H18F3N3O2/c18-17(19,20)10-21-15(24)11-6-7-12-13(9-11)22-14-5-3-1-2-4-8-23(14)16(12)25/h6-7,9H,1-5,8,10H2,(H,21,24). The minimum absolute atomic E-state index is 0.0550. The average molecular weight is 353 g/mol. The SMILES string of the molecule is O=C(NCC(F)(F)F)c1ccc2c(=O)n3c(nc2c1)CCCCCC3. The molecule has 1 aromatic heterocycles. The first kappa shape index (κ1) is 17.4. The van der Waals surface area contributed by atoms with E-state index in [0.717, 1.165) is 25.7 Å². The summed E-state index contributed by atoms with van der Waals surface area (Å²) in [5, 5.41) is 2.20. The van der Waals surface area contributed by atoms with Gasteiger partial charge in [0, 0.05) is 18.5 Å². The number of carbonyl (C=O) groups excluding carboxylic acids is 1. The lowest BCUT2D eigenvalue weighted by Crippen LogP contribution is -2.33. The second kappa shape index (κ2) is 6.85. The predicted octanol–water partition coefficient (Wildman–Crippen LogP) is 2.81. The lowest BCUT2D eigenvalue weighted by Gasteiger charge is -2.16. The van der Waals surface area contributed by atoms with E-state index >= 15 is 0 Å². The molecule has 134 valence electrons. The summed E-state index contributed by atoms with van der Waals surface area (Å²) < 4.78 is 38.4. The van der Waals surface area contributed by atoms with Gasteiger partial charge in [-0.15, -0.1) is 0 Å². The Bertz CT molecular complexity index is 859. The van der Waals surface area contributed by atoms with Crippen molar-refractivity contribution in [3.8, 4) is 0 Å². The van der Waals surface area contributed by atoms with Crippen LogP contribution in [0.5, 0.6) is 0 Å². The Labute approximate surface area is 141 Å². The predicted molar refractivity (Wildman–Crippen MR) is 86.6 cm³/mol. The van der Waals surface area contributed by atoms with Gasteiger partial charge in [-0.05, 0) is 31.0 Å². The normalized spacial score (nSPS) is 15.3. The monoisotopic (exact) mass is 353 g/mol. The second-order valence-electron chi connectivity index (χ2n) is 6.18. The third-order valence-electron chi connectivity index (χ3n) is 4.28. The molecule has 1 aromatic carbocycles. The molecule has 3 rings (SSSR count). The van der Waals surface area contributed by atoms with E-state index in [4.69, 9.17) is 0 Å². The number of hydrogen-bond acceptors (Lipinski definition) is 3. The maximum absolute atomic E-state index is 12.7. The van der Waals surface area contributed by atoms with E-state index < -0.39 is 18.6 Å². The number of amides is 1. The molecule has 5 nitrogen and oxygen atoms in total. The summed E-state index contributed by atoms with van der Waals surface area (Å²) in [6.07, 6.45) is 0.201. The first-order valence-corrected chi connectivity index (χ1v) is 8.23. The second-order valence-corrected chi connectivity index (χ2v) is 6.18. The molecule has 0 bridgehead atoms. The van der Waals surface area contributed by atoms with E-state index in [9.17, 15) is 22.8 Å². The summed E-state index contributed by atoms with van der Waals surface area (Å²) in [6, 6.07) is 4.19. The lowest BCUT2D eigenvalue weighted by atomic mass is 10.1. The number of aryl methyl sites for hydroxylation is 1. The van der Waals surface area contributed by atoms with Gasteiger partial charge in [0.1, 0.15) is 12.4 Å². The molecule has 0 aliphatic carbocycles. The van der Waals surface area contributed by atoms with Gasteiger partial charge in [0.05, 0.1) is 10.9 Å². The third-order valence-corrected chi connectivity index (χ3v) is 4.28. The highest BCUT2D eigenvalue weighted by molar-refractivity contribution is 5.97. The van der Waals surface area contributed by atoms with E-state index in [1.165, 1.54) is 18.2 Å². The van der Waals surface area contributed by atoms with Crippen molar-refractivity contribution in [1.82, 2.24) is 14.9 Å². The summed E-state index contributed by atoms with van der Waals surface area (Å²) in [5.74, 6) is -0.169. The number of nitrogens with one attached hydrogen (secondary N) is 1. The Kier molecular flexibility index (Phi) is 4.78. The van der Waals surface area contributed by atoms with Crippen molar-refractivity contribution < 1.29 is 18.0 Å². The van der Waals surface area contributed by atoms with Gasteiger partial charge < -0.3 is 5.32 Å². The summed E-state index contributed by atoms with van der Waals surface area (Å²) in [6.45, 7) is -0.783. The van der Waals surface area contributed by atoms with Gasteiger partial charge in [0.2, 0.25) is 0 Å². The first-order chi connectivity index (χ1) is 11.8. The highest BCUT2D eigenvalue weighted by Gasteiger charge is 2.28. The Balaban J connectivity index is 1.96. The van der Waals surface area contributed by atoms with Crippen molar-refractivity contribution in [3.05, 3.63) is 39.9 Å². The number of alkyl halides is 3. The average Bonchev–Trinajstić information content (AvgIpc) is 2.53. The van der Waals surface area contributed by atoms with Crippen molar-refractivity contribution in [2.45, 2.75) is 44.8 Å². The van der Waals surface area contributed by atoms with Crippen LogP contribution in [0, 0.1) is 0 Å². The number of hydrogen-bond donors (Lipinski definition) is 1. The van der Waals surface area contributed by atoms with Gasteiger partial charge >= 0.3 is 6.18 Å². The highest BCUT2D eigenvalue weighted by atomic mass is 19.4. The molecule has 8 heteroatoms. The molecule has 1 aliphatic rings. The molecular weight excluding hydrogens is 335 g/mol. The van der Waals surface area contributed by atoms with Crippen LogP contribution in [0.3, 0.4) is 0 Å². The zero-order valence-corrected chi connectivity index (χ0v) is 13.5. The maximum Gasteiger partial charge on any atom is 0.405 e. The zero-order chi connectivity index (χ0) is 18.0. The summed E-state index contributed by atoms with van der Waals surface area (Å²) in [7, 11) is 0. The smallest absolute Gasteiger partial charge is 0.343 e. The molecule has 0 saturated carbocycles. The van der Waals surface area contributed by atoms with Gasteiger partial charge in [-0.1, -0.05) is 12.8 Å². The van der Waals surface area contributed by atoms with E-state index in [1.54, 1.807) is 4.57 Å². The maximum atomic E-state index is 12.7. The van der Waals surface area contributed by atoms with Crippen LogP contribution in [0.2, 0.25) is 0 Å². The fourth-order valence-corrected chi connectivity index (χ4v) is 3.02. The van der Waals surface area contributed by atoms with Crippen LogP contribution in [0.4, 0.5) is 13.2 Å². The molecule has 0 atom stereocenters. The summed E-state index contributed by atoms with van der Waals surface area (Å²) in [4.78, 5) is 29.0. The van der Waals surface area contributed by atoms with Gasteiger partial charge in [-0.25, -0.2) is 4.98 Å². The zero-order valence-electron chi connectivity index (χ0n) is 13.5. The number of rotatable bonds is 2. The summed E-state index contributed by atoms with van der Waals surface area (Å²) >= 11 is 0. The Morgan fingerprint density at radius 1 is 1.20 bits per heavy atom. The minimum Gasteiger partial charge on any atom is -0.343 e. The Morgan fingerprint density at radius 2 is 1.96 bits per heavy atom. The summed E-state index contributed by atoms with van der Waals surface area (Å²) in [5.41, 5.74) is 0.236. The first-order valence-electron chi connectivity index (χ1n) is 8.23. The van der Waals surface area contributed by atoms with Crippen LogP contribution < -0.4 is 10.9 Å². The van der Waals surface area contributed by atoms with Crippen LogP contribution in [0.1, 0.15) is 41.9 Å². The molecular formula is C17H18F3N3O2. The van der Waals surface area contributed by atoms with Gasteiger partial charge in [-0.3, -0.25) is 14.2 Å². The molecule has 0 unspecified atom stereocenters. The largest absolute Gasteiger partial charge is 0.405 e. The fourth-order valence-electron chi connectivity index (χ4n) is 3.02. The molecule has 0 fully saturated rings. The van der Waals surface area contributed by atoms with Gasteiger partial charge in [0.25, 0.3) is 11.5 Å². The van der Waals surface area contributed by atoms with E-state index in [2.05, 4.69) is 4.98 Å². The van der Waals surface area contributed by atoms with Crippen molar-refractivity contribution >= 4 is 16.8 Å². The number of carbonyl (C=O) groups is 1. The number of benzene rings is 1. The van der Waals surface area contributed by atoms with Crippen molar-refractivity contribution in [2.75, 3.05) is 6.54 Å². The van der Waals surface area contributed by atoms with Gasteiger partial charge in [-0.2, -0.15) is 13.2 Å². The van der Waals surface area contributed by atoms with E-state index in [-0.39, 0.29) is 11.1 Å².